The largest absolute Gasteiger partial charge is 0.456 e. The maximum absolute atomic E-state index is 13.2. The Labute approximate surface area is 287 Å². The van der Waals surface area contributed by atoms with Gasteiger partial charge in [-0.3, -0.25) is 4.79 Å². The Morgan fingerprint density at radius 2 is 1.48 bits per heavy atom. The van der Waals surface area contributed by atoms with Crippen LogP contribution in [0.5, 0.6) is 0 Å². The first-order valence-corrected chi connectivity index (χ1v) is 18.7. The van der Waals surface area contributed by atoms with Gasteiger partial charge in [0.15, 0.2) is 24.5 Å². The minimum Gasteiger partial charge on any atom is -0.456 e. The van der Waals surface area contributed by atoms with E-state index in [4.69, 9.17) is 37.9 Å². The predicted octanol–water partition coefficient (Wildman–Crippen LogP) is 6.73. The molecule has 0 radical (unpaired) electrons. The van der Waals surface area contributed by atoms with Gasteiger partial charge < -0.3 is 43.0 Å². The Kier molecular flexibility index (Phi) is 14.1. The highest BCUT2D eigenvalue weighted by atomic mass is 16.8. The number of carbonyl (C=O) groups is 1. The molecule has 0 spiro atoms. The molecule has 0 unspecified atom stereocenters. The summed E-state index contributed by atoms with van der Waals surface area (Å²) < 4.78 is 51.2. The Hall–Kier alpha value is -1.63. The number of aliphatic hydroxyl groups excluding tert-OH is 1. The van der Waals surface area contributed by atoms with Gasteiger partial charge >= 0.3 is 5.97 Å². The Morgan fingerprint density at radius 3 is 2.23 bits per heavy atom. The van der Waals surface area contributed by atoms with Crippen LogP contribution in [-0.4, -0.2) is 84.4 Å². The maximum Gasteiger partial charge on any atom is 0.306 e. The van der Waals surface area contributed by atoms with E-state index in [0.717, 1.165) is 76.2 Å². The minimum absolute atomic E-state index is 0.0642. The number of esters is 1. The third-order valence-corrected chi connectivity index (χ3v) is 10.0. The van der Waals surface area contributed by atoms with Gasteiger partial charge in [-0.05, 0) is 52.5 Å². The van der Waals surface area contributed by atoms with Gasteiger partial charge in [-0.1, -0.05) is 95.0 Å². The molecule has 4 aliphatic rings. The van der Waals surface area contributed by atoms with Gasteiger partial charge in [0, 0.05) is 6.42 Å². The van der Waals surface area contributed by atoms with Crippen molar-refractivity contribution in [3.05, 3.63) is 35.9 Å². The average molecular weight is 677 g/mol. The van der Waals surface area contributed by atoms with Crippen LogP contribution in [0.4, 0.5) is 0 Å². The highest BCUT2D eigenvalue weighted by Gasteiger charge is 2.58. The van der Waals surface area contributed by atoms with Crippen molar-refractivity contribution >= 4 is 5.97 Å². The van der Waals surface area contributed by atoms with Gasteiger partial charge in [-0.25, -0.2) is 0 Å². The van der Waals surface area contributed by atoms with E-state index in [1.807, 2.05) is 58.0 Å². The first-order chi connectivity index (χ1) is 23.1. The van der Waals surface area contributed by atoms with Gasteiger partial charge in [0.25, 0.3) is 0 Å². The number of ether oxygens (including phenoxy) is 8. The third kappa shape index (κ3) is 10.2. The van der Waals surface area contributed by atoms with Crippen molar-refractivity contribution in [3.8, 4) is 0 Å². The van der Waals surface area contributed by atoms with Crippen LogP contribution >= 0.6 is 0 Å². The molecule has 1 aromatic rings. The van der Waals surface area contributed by atoms with Crippen molar-refractivity contribution in [2.75, 3.05) is 0 Å². The van der Waals surface area contributed by atoms with Gasteiger partial charge in [0.2, 0.25) is 0 Å². The van der Waals surface area contributed by atoms with Crippen LogP contribution < -0.4 is 0 Å². The summed E-state index contributed by atoms with van der Waals surface area (Å²) >= 11 is 0. The van der Waals surface area contributed by atoms with E-state index in [2.05, 4.69) is 6.92 Å². The topological polar surface area (TPSA) is 111 Å². The summed E-state index contributed by atoms with van der Waals surface area (Å²) in [6.45, 7) is 10.0. The molecule has 1 N–H and O–H groups in total. The van der Waals surface area contributed by atoms with E-state index < -0.39 is 67.2 Å². The lowest BCUT2D eigenvalue weighted by molar-refractivity contribution is -0.348. The zero-order valence-electron chi connectivity index (χ0n) is 29.8. The molecule has 0 amide bonds. The standard InChI is InChI=1S/C38H60O10/c1-6-7-14-21-28-22-17-11-9-8-10-12-18-23-29(39)45-33-30(40)36(42-25(2)31(33)41-24-27-19-15-13-16-20-27)46-32-26(3)43-37(44-28)35-34(32)47-38(4,5)48-35/h13,15-16,19-20,25-26,28,30-37,40H,6-12,14,17-18,21-24H2,1-5H3/t25-,26-,28-,30+,31-,32-,33-,34+,35+,36-,37-/m0/s1. The van der Waals surface area contributed by atoms with Crippen LogP contribution in [0.3, 0.4) is 0 Å². The number of carbonyl (C=O) groups excluding carboxylic acids is 1. The molecule has 4 bridgehead atoms. The molecule has 4 fully saturated rings. The summed E-state index contributed by atoms with van der Waals surface area (Å²) in [5.74, 6) is -1.24. The quantitative estimate of drug-likeness (QED) is 0.247. The highest BCUT2D eigenvalue weighted by Crippen LogP contribution is 2.41. The van der Waals surface area contributed by atoms with E-state index in [1.54, 1.807) is 0 Å². The number of benzene rings is 1. The molecule has 11 atom stereocenters. The van der Waals surface area contributed by atoms with Crippen LogP contribution in [-0.2, 0) is 49.3 Å². The molecule has 4 heterocycles. The number of unbranched alkanes of at least 4 members (excludes halogenated alkanes) is 2. The van der Waals surface area contributed by atoms with Crippen LogP contribution in [0, 0.1) is 0 Å². The van der Waals surface area contributed by atoms with Crippen molar-refractivity contribution < 1.29 is 47.8 Å². The van der Waals surface area contributed by atoms with E-state index in [1.165, 1.54) is 6.42 Å². The minimum atomic E-state index is -1.31. The molecule has 4 aliphatic heterocycles. The first-order valence-electron chi connectivity index (χ1n) is 18.7. The third-order valence-electron chi connectivity index (χ3n) is 10.0. The SMILES string of the molecule is CCCCC[C@H]1CCCCCCCCCC(=O)O[C@H]2[C@@H](O)[C@H](O[C@@H]3[C@H]4OC(C)(C)O[C@H]4[C@H](O1)O[C@H]3C)O[C@@H](C)[C@@H]2OCc1ccccc1. The average Bonchev–Trinajstić information content (AvgIpc) is 3.39. The van der Waals surface area contributed by atoms with Crippen molar-refractivity contribution in [1.29, 1.82) is 0 Å². The fourth-order valence-corrected chi connectivity index (χ4v) is 7.43. The van der Waals surface area contributed by atoms with Crippen LogP contribution in [0.15, 0.2) is 30.3 Å². The second-order valence-electron chi connectivity index (χ2n) is 14.6. The molecule has 10 nitrogen and oxygen atoms in total. The molecule has 0 aromatic heterocycles. The van der Waals surface area contributed by atoms with E-state index >= 15 is 0 Å². The molecular formula is C38H60O10. The van der Waals surface area contributed by atoms with Gasteiger partial charge in [-0.2, -0.15) is 0 Å². The summed E-state index contributed by atoms with van der Waals surface area (Å²) in [5.41, 5.74) is 0.969. The molecule has 0 aliphatic carbocycles. The van der Waals surface area contributed by atoms with Gasteiger partial charge in [0.1, 0.15) is 30.5 Å². The number of rotatable bonds is 7. The second-order valence-corrected chi connectivity index (χ2v) is 14.6. The van der Waals surface area contributed by atoms with E-state index in [9.17, 15) is 9.90 Å². The summed E-state index contributed by atoms with van der Waals surface area (Å²) in [5, 5.41) is 11.7. The lowest BCUT2D eigenvalue weighted by atomic mass is 9.97. The molecule has 0 saturated carbocycles. The summed E-state index contributed by atoms with van der Waals surface area (Å²) in [7, 11) is 0. The van der Waals surface area contributed by atoms with E-state index in [0.29, 0.717) is 0 Å². The smallest absolute Gasteiger partial charge is 0.306 e. The molecule has 5 rings (SSSR count). The molecule has 10 heteroatoms. The van der Waals surface area contributed by atoms with Gasteiger partial charge in [0.05, 0.1) is 24.9 Å². The zero-order chi connectivity index (χ0) is 34.1. The zero-order valence-corrected chi connectivity index (χ0v) is 29.8. The molecule has 48 heavy (non-hydrogen) atoms. The van der Waals surface area contributed by atoms with Gasteiger partial charge in [-0.15, -0.1) is 0 Å². The number of fused-ring (bicyclic) bond motifs is 2. The lowest BCUT2D eigenvalue weighted by Gasteiger charge is -2.47. The second kappa shape index (κ2) is 18.0. The normalized spacial score (nSPS) is 38.5. The predicted molar refractivity (Wildman–Crippen MR) is 179 cm³/mol. The summed E-state index contributed by atoms with van der Waals surface area (Å²) in [4.78, 5) is 13.2. The monoisotopic (exact) mass is 676 g/mol. The summed E-state index contributed by atoms with van der Waals surface area (Å²) in [6, 6.07) is 9.77. The lowest BCUT2D eigenvalue weighted by Crippen LogP contribution is -2.63. The van der Waals surface area contributed by atoms with Crippen LogP contribution in [0.25, 0.3) is 0 Å². The number of aliphatic hydroxyl groups is 1. The van der Waals surface area contributed by atoms with Crippen molar-refractivity contribution in [1.82, 2.24) is 0 Å². The fourth-order valence-electron chi connectivity index (χ4n) is 7.43. The van der Waals surface area contributed by atoms with Crippen LogP contribution in [0.2, 0.25) is 0 Å². The molecule has 4 saturated heterocycles. The van der Waals surface area contributed by atoms with Crippen molar-refractivity contribution in [2.45, 2.75) is 198 Å². The molecule has 272 valence electrons. The van der Waals surface area contributed by atoms with Crippen molar-refractivity contribution in [3.63, 3.8) is 0 Å². The maximum atomic E-state index is 13.2. The molecular weight excluding hydrogens is 616 g/mol. The Bertz CT molecular complexity index is 1100. The number of hydrogen-bond acceptors (Lipinski definition) is 10. The van der Waals surface area contributed by atoms with Crippen molar-refractivity contribution in [2.24, 2.45) is 0 Å². The highest BCUT2D eigenvalue weighted by molar-refractivity contribution is 5.69. The van der Waals surface area contributed by atoms with E-state index in [-0.39, 0.29) is 25.1 Å². The molecule has 1 aromatic carbocycles. The number of hydrogen-bond donors (Lipinski definition) is 1. The Balaban J connectivity index is 1.37. The fraction of sp³-hybridized carbons (Fsp3) is 0.816. The van der Waals surface area contributed by atoms with Crippen LogP contribution in [0.1, 0.15) is 124 Å². The summed E-state index contributed by atoms with van der Waals surface area (Å²) in [6.07, 6.45) is 5.60. The Morgan fingerprint density at radius 1 is 0.792 bits per heavy atom. The first kappa shape index (κ1) is 37.6.